The second-order valence-electron chi connectivity index (χ2n) is 5.13. The van der Waals surface area contributed by atoms with Crippen molar-refractivity contribution in [2.45, 2.75) is 18.0 Å². The highest BCUT2D eigenvalue weighted by atomic mass is 79.9. The summed E-state index contributed by atoms with van der Waals surface area (Å²) in [4.78, 5) is 18.7. The third-order valence-electron chi connectivity index (χ3n) is 3.81. The van der Waals surface area contributed by atoms with Gasteiger partial charge in [0.15, 0.2) is 0 Å². The fraction of sp³-hybridized carbons (Fsp3) is 0.200. The number of amides is 2. The normalized spacial score (nSPS) is 19.4. The molecule has 2 aromatic rings. The maximum Gasteiger partial charge on any atom is 0.327 e. The minimum absolute atomic E-state index is 0.0717. The van der Waals surface area contributed by atoms with Crippen molar-refractivity contribution >= 4 is 45.1 Å². The molecule has 2 aliphatic heterocycles. The molecule has 0 fully saturated rings. The molecule has 0 radical (unpaired) electrons. The summed E-state index contributed by atoms with van der Waals surface area (Å²) in [6.07, 6.45) is 1.78. The van der Waals surface area contributed by atoms with Gasteiger partial charge in [0.2, 0.25) is 0 Å². The van der Waals surface area contributed by atoms with Crippen LogP contribution in [0.1, 0.15) is 17.2 Å². The molecular weight excluding hydrogens is 350 g/mol. The number of benzene rings is 1. The molecule has 0 saturated carbocycles. The lowest BCUT2D eigenvalue weighted by Gasteiger charge is -2.33. The van der Waals surface area contributed by atoms with Crippen LogP contribution in [0.15, 0.2) is 40.0 Å². The molecule has 0 aliphatic carbocycles. The Kier molecular flexibility index (Phi) is 2.97. The molecule has 1 atom stereocenters. The van der Waals surface area contributed by atoms with Crippen molar-refractivity contribution < 1.29 is 4.79 Å². The van der Waals surface area contributed by atoms with Gasteiger partial charge in [0.25, 0.3) is 0 Å². The Morgan fingerprint density at radius 2 is 2.24 bits per heavy atom. The number of urea groups is 1. The molecule has 106 valence electrons. The van der Waals surface area contributed by atoms with E-state index in [0.29, 0.717) is 0 Å². The van der Waals surface area contributed by atoms with Gasteiger partial charge in [-0.1, -0.05) is 15.9 Å². The average Bonchev–Trinajstić information content (AvgIpc) is 2.85. The van der Waals surface area contributed by atoms with E-state index in [1.54, 1.807) is 22.9 Å². The van der Waals surface area contributed by atoms with E-state index in [1.165, 1.54) is 0 Å². The van der Waals surface area contributed by atoms with Gasteiger partial charge in [-0.25, -0.2) is 9.78 Å². The van der Waals surface area contributed by atoms with Crippen LogP contribution in [0.2, 0.25) is 0 Å². The SMILES string of the molecule is Cc1cc(Br)ccc1N1C(=O)NC2CSc3nccc1c32. The zero-order chi connectivity index (χ0) is 14.6. The Balaban J connectivity index is 1.92. The largest absolute Gasteiger partial charge is 0.330 e. The monoisotopic (exact) mass is 361 g/mol. The number of carbonyl (C=O) groups excluding carboxylic acids is 1. The van der Waals surface area contributed by atoms with Crippen LogP contribution in [0, 0.1) is 6.92 Å². The van der Waals surface area contributed by atoms with Crippen LogP contribution in [0.3, 0.4) is 0 Å². The van der Waals surface area contributed by atoms with Crippen LogP contribution < -0.4 is 10.2 Å². The number of nitrogens with zero attached hydrogens (tertiary/aromatic N) is 2. The smallest absolute Gasteiger partial charge is 0.327 e. The van der Waals surface area contributed by atoms with E-state index in [9.17, 15) is 4.79 Å². The number of halogens is 1. The first-order valence-corrected chi connectivity index (χ1v) is 8.41. The lowest BCUT2D eigenvalue weighted by Crippen LogP contribution is -2.44. The van der Waals surface area contributed by atoms with E-state index >= 15 is 0 Å². The molecule has 4 rings (SSSR count). The highest BCUT2D eigenvalue weighted by Crippen LogP contribution is 2.46. The second-order valence-corrected chi connectivity index (χ2v) is 7.05. The Morgan fingerprint density at radius 3 is 3.05 bits per heavy atom. The van der Waals surface area contributed by atoms with E-state index in [2.05, 4.69) is 26.2 Å². The molecule has 1 unspecified atom stereocenters. The topological polar surface area (TPSA) is 45.2 Å². The molecule has 1 aromatic carbocycles. The molecule has 2 amide bonds. The molecular formula is C15H12BrN3OS. The van der Waals surface area contributed by atoms with Crippen molar-refractivity contribution in [2.75, 3.05) is 10.7 Å². The molecule has 1 N–H and O–H groups in total. The number of pyridine rings is 1. The van der Waals surface area contributed by atoms with Gasteiger partial charge in [-0.15, -0.1) is 11.8 Å². The first-order valence-electron chi connectivity index (χ1n) is 6.63. The van der Waals surface area contributed by atoms with Crippen molar-refractivity contribution in [1.29, 1.82) is 0 Å². The average molecular weight is 362 g/mol. The second kappa shape index (κ2) is 4.74. The third-order valence-corrected chi connectivity index (χ3v) is 5.40. The molecule has 1 aromatic heterocycles. The van der Waals surface area contributed by atoms with Crippen LogP contribution >= 0.6 is 27.7 Å². The lowest BCUT2D eigenvalue weighted by atomic mass is 10.0. The van der Waals surface area contributed by atoms with Crippen molar-refractivity contribution in [3.63, 3.8) is 0 Å². The predicted molar refractivity (Wildman–Crippen MR) is 87.3 cm³/mol. The van der Waals surface area contributed by atoms with Crippen molar-refractivity contribution in [3.8, 4) is 0 Å². The first kappa shape index (κ1) is 13.2. The summed E-state index contributed by atoms with van der Waals surface area (Å²) in [6, 6.07) is 7.88. The quantitative estimate of drug-likeness (QED) is 0.829. The van der Waals surface area contributed by atoms with Crippen LogP contribution in [-0.4, -0.2) is 16.8 Å². The van der Waals surface area contributed by atoms with Gasteiger partial charge in [0.05, 0.1) is 17.4 Å². The number of hydrogen-bond acceptors (Lipinski definition) is 3. The summed E-state index contributed by atoms with van der Waals surface area (Å²) in [7, 11) is 0. The number of anilines is 2. The van der Waals surface area contributed by atoms with Crippen molar-refractivity contribution in [1.82, 2.24) is 10.3 Å². The highest BCUT2D eigenvalue weighted by molar-refractivity contribution is 9.10. The van der Waals surface area contributed by atoms with E-state index in [1.807, 2.05) is 31.2 Å². The van der Waals surface area contributed by atoms with Crippen LogP contribution in [0.4, 0.5) is 16.2 Å². The number of nitrogens with one attached hydrogen (secondary N) is 1. The van der Waals surface area contributed by atoms with Gasteiger partial charge in [0, 0.05) is 22.0 Å². The van der Waals surface area contributed by atoms with Crippen LogP contribution in [-0.2, 0) is 0 Å². The van der Waals surface area contributed by atoms with Crippen LogP contribution in [0.5, 0.6) is 0 Å². The Morgan fingerprint density at radius 1 is 1.38 bits per heavy atom. The summed E-state index contributed by atoms with van der Waals surface area (Å²) in [5, 5.41) is 4.10. The molecule has 6 heteroatoms. The predicted octanol–water partition coefficient (Wildman–Crippen LogP) is 4.16. The fourth-order valence-electron chi connectivity index (χ4n) is 2.87. The minimum atomic E-state index is -0.0717. The molecule has 21 heavy (non-hydrogen) atoms. The van der Waals surface area contributed by atoms with Gasteiger partial charge in [-0.2, -0.15) is 0 Å². The first-order chi connectivity index (χ1) is 10.1. The molecule has 0 saturated heterocycles. The van der Waals surface area contributed by atoms with E-state index < -0.39 is 0 Å². The summed E-state index contributed by atoms with van der Waals surface area (Å²) >= 11 is 5.17. The fourth-order valence-corrected chi connectivity index (χ4v) is 4.46. The van der Waals surface area contributed by atoms with Gasteiger partial charge in [0.1, 0.15) is 5.03 Å². The van der Waals surface area contributed by atoms with Gasteiger partial charge >= 0.3 is 6.03 Å². The molecule has 0 bridgehead atoms. The maximum atomic E-state index is 12.6. The zero-order valence-electron chi connectivity index (χ0n) is 11.3. The standard InChI is InChI=1S/C15H12BrN3OS/c1-8-6-9(16)2-3-11(8)19-12-4-5-17-14-13(12)10(7-21-14)18-15(19)20/h2-6,10H,7H2,1H3,(H,18,20). The molecule has 4 nitrogen and oxygen atoms in total. The number of carbonyl (C=O) groups is 1. The van der Waals surface area contributed by atoms with Crippen LogP contribution in [0.25, 0.3) is 0 Å². The lowest BCUT2D eigenvalue weighted by molar-refractivity contribution is 0.244. The van der Waals surface area contributed by atoms with E-state index in [0.717, 1.165) is 37.8 Å². The number of aromatic nitrogens is 1. The van der Waals surface area contributed by atoms with Gasteiger partial charge < -0.3 is 5.32 Å². The summed E-state index contributed by atoms with van der Waals surface area (Å²) in [5.41, 5.74) is 4.04. The van der Waals surface area contributed by atoms with Crippen molar-refractivity contribution in [2.24, 2.45) is 0 Å². The van der Waals surface area contributed by atoms with Crippen molar-refractivity contribution in [3.05, 3.63) is 46.1 Å². The minimum Gasteiger partial charge on any atom is -0.330 e. The molecule has 2 aliphatic rings. The number of hydrogen-bond donors (Lipinski definition) is 1. The van der Waals surface area contributed by atoms with Gasteiger partial charge in [-0.05, 0) is 36.8 Å². The summed E-state index contributed by atoms with van der Waals surface area (Å²) in [6.45, 7) is 2.01. The van der Waals surface area contributed by atoms with Gasteiger partial charge in [-0.3, -0.25) is 4.90 Å². The Labute approximate surface area is 135 Å². The zero-order valence-corrected chi connectivity index (χ0v) is 13.7. The summed E-state index contributed by atoms with van der Waals surface area (Å²) in [5.74, 6) is 0.859. The summed E-state index contributed by atoms with van der Waals surface area (Å²) < 4.78 is 1.01. The highest BCUT2D eigenvalue weighted by Gasteiger charge is 2.38. The van der Waals surface area contributed by atoms with E-state index in [-0.39, 0.29) is 12.1 Å². The maximum absolute atomic E-state index is 12.6. The Bertz CT molecular complexity index is 765. The number of rotatable bonds is 1. The number of aryl methyl sites for hydroxylation is 1. The molecule has 0 spiro atoms. The molecule has 3 heterocycles. The Hall–Kier alpha value is -1.53. The number of thioether (sulfide) groups is 1. The van der Waals surface area contributed by atoms with E-state index in [4.69, 9.17) is 0 Å². The third kappa shape index (κ3) is 1.97.